The fourth-order valence-electron chi connectivity index (χ4n) is 4.45. The fraction of sp³-hybridized carbons (Fsp3) is 0.632. The van der Waals surface area contributed by atoms with Crippen LogP contribution in [0.1, 0.15) is 44.1 Å². The molecular formula is C19H27ClN2O3S. The van der Waals surface area contributed by atoms with E-state index in [0.717, 1.165) is 31.2 Å². The minimum atomic E-state index is -3.50. The quantitative estimate of drug-likeness (QED) is 0.798. The van der Waals surface area contributed by atoms with E-state index in [1.54, 1.807) is 0 Å². The number of sulfone groups is 1. The fourth-order valence-corrected chi connectivity index (χ4v) is 5.99. The summed E-state index contributed by atoms with van der Waals surface area (Å²) in [7, 11) is -3.50. The molecule has 0 spiro atoms. The number of halogens is 1. The van der Waals surface area contributed by atoms with Crippen LogP contribution in [0.15, 0.2) is 24.3 Å². The first-order valence-corrected chi connectivity index (χ1v) is 11.5. The Bertz CT molecular complexity index is 767. The Balaban J connectivity index is 1.82. The zero-order valence-electron chi connectivity index (χ0n) is 15.2. The van der Waals surface area contributed by atoms with Crippen LogP contribution < -0.4 is 10.6 Å². The van der Waals surface area contributed by atoms with Gasteiger partial charge in [0.15, 0.2) is 14.6 Å². The Hall–Kier alpha value is -1.11. The first kappa shape index (κ1) is 19.6. The molecule has 0 aromatic heterocycles. The van der Waals surface area contributed by atoms with E-state index in [2.05, 4.69) is 16.7 Å². The molecule has 0 unspecified atom stereocenters. The molecule has 1 aromatic rings. The summed E-state index contributed by atoms with van der Waals surface area (Å²) in [5, 5.41) is 6.84. The Morgan fingerprint density at radius 1 is 1.19 bits per heavy atom. The predicted molar refractivity (Wildman–Crippen MR) is 104 cm³/mol. The minimum absolute atomic E-state index is 0.161. The molecule has 0 radical (unpaired) electrons. The molecule has 7 heteroatoms. The van der Waals surface area contributed by atoms with E-state index in [0.29, 0.717) is 37.5 Å². The maximum absolute atomic E-state index is 13.0. The second kappa shape index (κ2) is 7.49. The number of carbonyl (C=O) groups excluding carboxylic acids is 1. The average Bonchev–Trinajstić information content (AvgIpc) is 3.09. The largest absolute Gasteiger partial charge is 0.354 e. The van der Waals surface area contributed by atoms with Crippen molar-refractivity contribution in [3.8, 4) is 0 Å². The van der Waals surface area contributed by atoms with Gasteiger partial charge < -0.3 is 10.6 Å². The van der Waals surface area contributed by atoms with Gasteiger partial charge in [0, 0.05) is 23.2 Å². The van der Waals surface area contributed by atoms with E-state index in [1.807, 2.05) is 18.2 Å². The zero-order valence-corrected chi connectivity index (χ0v) is 16.8. The van der Waals surface area contributed by atoms with Gasteiger partial charge in [-0.05, 0) is 56.5 Å². The number of rotatable bonds is 5. The van der Waals surface area contributed by atoms with Gasteiger partial charge in [0.05, 0.1) is 0 Å². The molecule has 2 aliphatic rings. The van der Waals surface area contributed by atoms with Crippen LogP contribution in [0.3, 0.4) is 0 Å². The van der Waals surface area contributed by atoms with Crippen molar-refractivity contribution in [3.63, 3.8) is 0 Å². The van der Waals surface area contributed by atoms with Crippen LogP contribution in [0.2, 0.25) is 5.02 Å². The van der Waals surface area contributed by atoms with Crippen molar-refractivity contribution < 1.29 is 13.2 Å². The molecule has 3 rings (SSSR count). The highest BCUT2D eigenvalue weighted by Gasteiger charge is 2.49. The van der Waals surface area contributed by atoms with Gasteiger partial charge in [0.2, 0.25) is 5.91 Å². The number of piperidine rings is 1. The SMILES string of the molecule is CS(=O)(=O)C1(C(=O)NCC2(c3cccc(Cl)c3)CCCC2)CCNCC1. The number of nitrogens with one attached hydrogen (secondary N) is 2. The minimum Gasteiger partial charge on any atom is -0.354 e. The molecule has 1 saturated carbocycles. The van der Waals surface area contributed by atoms with E-state index in [9.17, 15) is 13.2 Å². The topological polar surface area (TPSA) is 75.3 Å². The zero-order chi connectivity index (χ0) is 18.8. The van der Waals surface area contributed by atoms with Gasteiger partial charge in [0.1, 0.15) is 0 Å². The Morgan fingerprint density at radius 2 is 1.85 bits per heavy atom. The predicted octanol–water partition coefficient (Wildman–Crippen LogP) is 2.43. The van der Waals surface area contributed by atoms with Crippen molar-refractivity contribution >= 4 is 27.3 Å². The van der Waals surface area contributed by atoms with Crippen molar-refractivity contribution in [1.29, 1.82) is 0 Å². The van der Waals surface area contributed by atoms with Gasteiger partial charge in [-0.2, -0.15) is 0 Å². The number of benzene rings is 1. The van der Waals surface area contributed by atoms with E-state index < -0.39 is 14.6 Å². The van der Waals surface area contributed by atoms with E-state index in [-0.39, 0.29) is 11.3 Å². The van der Waals surface area contributed by atoms with E-state index in [1.165, 1.54) is 6.26 Å². The van der Waals surface area contributed by atoms with Crippen LogP contribution in [0.5, 0.6) is 0 Å². The summed E-state index contributed by atoms with van der Waals surface area (Å²) in [6.07, 6.45) is 5.97. The van der Waals surface area contributed by atoms with Crippen LogP contribution in [-0.4, -0.2) is 45.0 Å². The molecule has 26 heavy (non-hydrogen) atoms. The summed E-state index contributed by atoms with van der Waals surface area (Å²) >= 11 is 6.18. The molecule has 1 aromatic carbocycles. The summed E-state index contributed by atoms with van der Waals surface area (Å²) in [6.45, 7) is 1.54. The summed E-state index contributed by atoms with van der Waals surface area (Å²) < 4.78 is 23.6. The number of amides is 1. The highest BCUT2D eigenvalue weighted by molar-refractivity contribution is 7.92. The Morgan fingerprint density at radius 3 is 2.42 bits per heavy atom. The summed E-state index contributed by atoms with van der Waals surface area (Å²) in [5.74, 6) is -0.352. The highest BCUT2D eigenvalue weighted by Crippen LogP contribution is 2.41. The summed E-state index contributed by atoms with van der Waals surface area (Å²) in [5.41, 5.74) is 0.966. The third kappa shape index (κ3) is 3.64. The van der Waals surface area contributed by atoms with Gasteiger partial charge in [0.25, 0.3) is 0 Å². The van der Waals surface area contributed by atoms with Crippen molar-refractivity contribution in [1.82, 2.24) is 10.6 Å². The molecule has 5 nitrogen and oxygen atoms in total. The monoisotopic (exact) mass is 398 g/mol. The van der Waals surface area contributed by atoms with E-state index in [4.69, 9.17) is 11.6 Å². The molecule has 1 heterocycles. The standard InChI is InChI=1S/C19H27ClN2O3S/c1-26(24,25)19(9-11-21-12-10-19)17(23)22-14-18(7-2-3-8-18)15-5-4-6-16(20)13-15/h4-6,13,21H,2-3,7-12,14H2,1H3,(H,22,23). The molecule has 1 aliphatic carbocycles. The van der Waals surface area contributed by atoms with E-state index >= 15 is 0 Å². The van der Waals surface area contributed by atoms with Gasteiger partial charge in [-0.15, -0.1) is 0 Å². The van der Waals surface area contributed by atoms with Crippen LogP contribution in [0, 0.1) is 0 Å². The normalized spacial score (nSPS) is 22.1. The molecule has 1 saturated heterocycles. The summed E-state index contributed by atoms with van der Waals surface area (Å²) in [4.78, 5) is 13.0. The second-order valence-electron chi connectivity index (χ2n) is 7.70. The third-order valence-corrected chi connectivity index (χ3v) is 8.37. The molecule has 2 fully saturated rings. The number of hydrogen-bond donors (Lipinski definition) is 2. The lowest BCUT2D eigenvalue weighted by molar-refractivity contribution is -0.124. The first-order valence-electron chi connectivity index (χ1n) is 9.24. The third-order valence-electron chi connectivity index (χ3n) is 6.12. The lowest BCUT2D eigenvalue weighted by Crippen LogP contribution is -2.58. The molecule has 2 N–H and O–H groups in total. The smallest absolute Gasteiger partial charge is 0.241 e. The van der Waals surface area contributed by atoms with Crippen LogP contribution in [0.4, 0.5) is 0 Å². The lowest BCUT2D eigenvalue weighted by Gasteiger charge is -2.36. The van der Waals surface area contributed by atoms with Crippen molar-refractivity contribution in [3.05, 3.63) is 34.9 Å². The highest BCUT2D eigenvalue weighted by atomic mass is 35.5. The van der Waals surface area contributed by atoms with Crippen molar-refractivity contribution in [2.24, 2.45) is 0 Å². The molecule has 0 atom stereocenters. The lowest BCUT2D eigenvalue weighted by atomic mass is 9.78. The van der Waals surface area contributed by atoms with Crippen LogP contribution >= 0.6 is 11.6 Å². The molecule has 0 bridgehead atoms. The number of carbonyl (C=O) groups is 1. The molecular weight excluding hydrogens is 372 g/mol. The molecule has 1 aliphatic heterocycles. The Kier molecular flexibility index (Phi) is 5.66. The van der Waals surface area contributed by atoms with Gasteiger partial charge >= 0.3 is 0 Å². The van der Waals surface area contributed by atoms with Gasteiger partial charge in [-0.1, -0.05) is 36.6 Å². The van der Waals surface area contributed by atoms with Crippen molar-refractivity contribution in [2.45, 2.75) is 48.7 Å². The Labute approximate surface area is 160 Å². The molecule has 1 amide bonds. The van der Waals surface area contributed by atoms with Gasteiger partial charge in [-0.3, -0.25) is 4.79 Å². The first-order chi connectivity index (χ1) is 12.3. The summed E-state index contributed by atoms with van der Waals surface area (Å²) in [6, 6.07) is 7.81. The maximum Gasteiger partial charge on any atom is 0.241 e. The second-order valence-corrected chi connectivity index (χ2v) is 10.5. The van der Waals surface area contributed by atoms with Gasteiger partial charge in [-0.25, -0.2) is 8.42 Å². The van der Waals surface area contributed by atoms with Crippen LogP contribution in [0.25, 0.3) is 0 Å². The maximum atomic E-state index is 13.0. The molecule has 144 valence electrons. The van der Waals surface area contributed by atoms with Crippen LogP contribution in [-0.2, 0) is 20.0 Å². The number of hydrogen-bond acceptors (Lipinski definition) is 4. The average molecular weight is 399 g/mol. The van der Waals surface area contributed by atoms with Crippen molar-refractivity contribution in [2.75, 3.05) is 25.9 Å².